The summed E-state index contributed by atoms with van der Waals surface area (Å²) in [6.07, 6.45) is 9.62. The zero-order valence-corrected chi connectivity index (χ0v) is 26.1. The van der Waals surface area contributed by atoms with Crippen LogP contribution in [0.3, 0.4) is 0 Å². The molecule has 1 aliphatic carbocycles. The maximum Gasteiger partial charge on any atom is 0.282 e. The van der Waals surface area contributed by atoms with Crippen molar-refractivity contribution in [3.63, 3.8) is 0 Å². The number of ketones is 1. The van der Waals surface area contributed by atoms with Crippen molar-refractivity contribution in [1.82, 2.24) is 28.1 Å². The van der Waals surface area contributed by atoms with Gasteiger partial charge >= 0.3 is 0 Å². The SMILES string of the molecule is CC(=O)c1c(C)c2cnc(Nc3ccc(N4CCN(S(=O)(=O)N5CCCC[C@@H]5CO)CC4)cn3)nc2n(C2CCCC2)c1=O. The molecule has 3 aliphatic rings. The molecule has 14 heteroatoms. The van der Waals surface area contributed by atoms with E-state index in [1.165, 1.54) is 15.5 Å². The van der Waals surface area contributed by atoms with Crippen molar-refractivity contribution in [3.8, 4) is 0 Å². The number of Topliss-reactive ketones (excluding diaryl/α,β-unsaturated/α-hetero) is 1. The molecule has 2 saturated heterocycles. The lowest BCUT2D eigenvalue weighted by Crippen LogP contribution is -2.56. The van der Waals surface area contributed by atoms with Gasteiger partial charge in [0.1, 0.15) is 11.5 Å². The number of hydrogen-bond acceptors (Lipinski definition) is 10. The number of fused-ring (bicyclic) bond motifs is 1. The number of nitrogens with zero attached hydrogens (tertiary/aromatic N) is 7. The Balaban J connectivity index is 1.17. The third-order valence-corrected chi connectivity index (χ3v) is 11.3. The summed E-state index contributed by atoms with van der Waals surface area (Å²) in [6.45, 7) is 5.25. The highest BCUT2D eigenvalue weighted by molar-refractivity contribution is 7.86. The second kappa shape index (κ2) is 12.5. The molecule has 5 heterocycles. The minimum atomic E-state index is -3.63. The van der Waals surface area contributed by atoms with Crippen LogP contribution in [0.4, 0.5) is 17.5 Å². The van der Waals surface area contributed by atoms with Gasteiger partial charge in [-0.25, -0.2) is 9.97 Å². The first kappa shape index (κ1) is 30.6. The molecular weight excluding hydrogens is 584 g/mol. The van der Waals surface area contributed by atoms with Crippen LogP contribution < -0.4 is 15.8 Å². The number of aliphatic hydroxyl groups is 1. The number of piperazine rings is 1. The number of anilines is 3. The second-order valence-corrected chi connectivity index (χ2v) is 13.8. The van der Waals surface area contributed by atoms with E-state index in [0.29, 0.717) is 67.5 Å². The summed E-state index contributed by atoms with van der Waals surface area (Å²) in [4.78, 5) is 41.7. The van der Waals surface area contributed by atoms with E-state index < -0.39 is 10.2 Å². The maximum absolute atomic E-state index is 13.5. The normalized spacial score (nSPS) is 20.8. The van der Waals surface area contributed by atoms with Crippen LogP contribution in [0.2, 0.25) is 0 Å². The van der Waals surface area contributed by atoms with Gasteiger partial charge in [-0.2, -0.15) is 22.0 Å². The summed E-state index contributed by atoms with van der Waals surface area (Å²) < 4.78 is 31.3. The van der Waals surface area contributed by atoms with Gasteiger partial charge in [-0.15, -0.1) is 0 Å². The Hall–Kier alpha value is -3.46. The summed E-state index contributed by atoms with van der Waals surface area (Å²) in [5.41, 5.74) is 1.89. The summed E-state index contributed by atoms with van der Waals surface area (Å²) in [6, 6.07) is 3.39. The van der Waals surface area contributed by atoms with Gasteiger partial charge < -0.3 is 15.3 Å². The lowest BCUT2D eigenvalue weighted by atomic mass is 10.0. The van der Waals surface area contributed by atoms with Crippen molar-refractivity contribution in [2.45, 2.75) is 70.9 Å². The summed E-state index contributed by atoms with van der Waals surface area (Å²) in [5.74, 6) is 0.575. The van der Waals surface area contributed by atoms with E-state index in [-0.39, 0.29) is 35.6 Å². The van der Waals surface area contributed by atoms with Gasteiger partial charge in [0.05, 0.1) is 24.1 Å². The molecule has 0 spiro atoms. The van der Waals surface area contributed by atoms with Crippen LogP contribution in [0.1, 0.15) is 73.8 Å². The fourth-order valence-corrected chi connectivity index (χ4v) is 8.69. The van der Waals surface area contributed by atoms with Crippen molar-refractivity contribution in [2.24, 2.45) is 0 Å². The van der Waals surface area contributed by atoms with Gasteiger partial charge in [0.25, 0.3) is 15.8 Å². The van der Waals surface area contributed by atoms with E-state index in [2.05, 4.69) is 20.2 Å². The molecule has 0 unspecified atom stereocenters. The van der Waals surface area contributed by atoms with E-state index in [9.17, 15) is 23.1 Å². The maximum atomic E-state index is 13.5. The van der Waals surface area contributed by atoms with Crippen molar-refractivity contribution in [1.29, 1.82) is 0 Å². The van der Waals surface area contributed by atoms with E-state index in [0.717, 1.165) is 44.2 Å². The largest absolute Gasteiger partial charge is 0.395 e. The van der Waals surface area contributed by atoms with Crippen LogP contribution >= 0.6 is 0 Å². The predicted octanol–water partition coefficient (Wildman–Crippen LogP) is 2.77. The topological polar surface area (TPSA) is 154 Å². The second-order valence-electron chi connectivity index (χ2n) is 12.0. The molecule has 236 valence electrons. The number of carbonyl (C=O) groups excluding carboxylic acids is 1. The minimum absolute atomic E-state index is 0.00438. The van der Waals surface area contributed by atoms with Gasteiger partial charge in [-0.05, 0) is 57.2 Å². The number of hydrogen-bond donors (Lipinski definition) is 2. The Morgan fingerprint density at radius 3 is 2.39 bits per heavy atom. The van der Waals surface area contributed by atoms with E-state index >= 15 is 0 Å². The quantitative estimate of drug-likeness (QED) is 0.358. The highest BCUT2D eigenvalue weighted by Crippen LogP contribution is 2.32. The Morgan fingerprint density at radius 1 is 1.00 bits per heavy atom. The van der Waals surface area contributed by atoms with Crippen molar-refractivity contribution in [3.05, 3.63) is 46.0 Å². The standard InChI is InChI=1S/C30H40N8O5S/c1-20-25-18-32-30(34-28(25)38(22-7-3-4-8-22)29(41)27(20)21(2)40)33-26-11-10-23(17-31-26)35-13-15-36(16-14-35)44(42,43)37-12-6-5-9-24(37)19-39/h10-11,17-18,22,24,39H,3-9,12-16,19H2,1-2H3,(H,31,32,33,34)/t24-/m1/s1. The molecule has 44 heavy (non-hydrogen) atoms. The molecule has 2 aliphatic heterocycles. The number of carbonyl (C=O) groups is 1. The molecule has 1 atom stereocenters. The molecule has 2 N–H and O–H groups in total. The molecule has 3 aromatic heterocycles. The van der Waals surface area contributed by atoms with Crippen molar-refractivity contribution in [2.75, 3.05) is 49.5 Å². The van der Waals surface area contributed by atoms with Crippen LogP contribution in [0, 0.1) is 6.92 Å². The number of piperidine rings is 1. The molecule has 0 amide bonds. The number of pyridine rings is 2. The number of nitrogens with one attached hydrogen (secondary N) is 1. The molecule has 1 saturated carbocycles. The van der Waals surface area contributed by atoms with Crippen molar-refractivity contribution >= 4 is 44.5 Å². The fraction of sp³-hybridized carbons (Fsp3) is 0.567. The van der Waals surface area contributed by atoms with Gasteiger partial charge in [-0.3, -0.25) is 14.2 Å². The lowest BCUT2D eigenvalue weighted by molar-refractivity contribution is 0.101. The van der Waals surface area contributed by atoms with Crippen LogP contribution in [-0.2, 0) is 10.2 Å². The van der Waals surface area contributed by atoms with Crippen molar-refractivity contribution < 1.29 is 18.3 Å². The lowest BCUT2D eigenvalue weighted by Gasteiger charge is -2.40. The van der Waals surface area contributed by atoms with E-state index in [1.807, 2.05) is 12.1 Å². The number of aliphatic hydroxyl groups excluding tert-OH is 1. The van der Waals surface area contributed by atoms with Crippen LogP contribution in [0.25, 0.3) is 11.0 Å². The number of aryl methyl sites for hydroxylation is 1. The Kier molecular flexibility index (Phi) is 8.68. The third kappa shape index (κ3) is 5.71. The molecular formula is C30H40N8O5S. The summed E-state index contributed by atoms with van der Waals surface area (Å²) >= 11 is 0. The fourth-order valence-electron chi connectivity index (χ4n) is 6.86. The summed E-state index contributed by atoms with van der Waals surface area (Å²) in [7, 11) is -3.63. The Labute approximate surface area is 257 Å². The van der Waals surface area contributed by atoms with E-state index in [4.69, 9.17) is 4.98 Å². The summed E-state index contributed by atoms with van der Waals surface area (Å²) in [5, 5.41) is 13.5. The van der Waals surface area contributed by atoms with Gasteiger partial charge in [0.2, 0.25) is 5.95 Å². The smallest absolute Gasteiger partial charge is 0.282 e. The minimum Gasteiger partial charge on any atom is -0.395 e. The first-order chi connectivity index (χ1) is 21.2. The highest BCUT2D eigenvalue weighted by Gasteiger charge is 2.37. The van der Waals surface area contributed by atoms with Crippen LogP contribution in [0.15, 0.2) is 29.3 Å². The van der Waals surface area contributed by atoms with Crippen LogP contribution in [-0.4, -0.2) is 92.8 Å². The Bertz CT molecular complexity index is 1700. The first-order valence-electron chi connectivity index (χ1n) is 15.5. The first-order valence-corrected chi connectivity index (χ1v) is 16.9. The molecule has 0 bridgehead atoms. The monoisotopic (exact) mass is 624 g/mol. The predicted molar refractivity (Wildman–Crippen MR) is 168 cm³/mol. The van der Waals surface area contributed by atoms with Gasteiger partial charge in [0.15, 0.2) is 5.78 Å². The van der Waals surface area contributed by atoms with Gasteiger partial charge in [0, 0.05) is 56.4 Å². The third-order valence-electron chi connectivity index (χ3n) is 9.25. The molecule has 0 radical (unpaired) electrons. The Morgan fingerprint density at radius 2 is 1.73 bits per heavy atom. The molecule has 6 rings (SSSR count). The molecule has 13 nitrogen and oxygen atoms in total. The van der Waals surface area contributed by atoms with E-state index in [1.54, 1.807) is 23.9 Å². The van der Waals surface area contributed by atoms with Crippen LogP contribution in [0.5, 0.6) is 0 Å². The molecule has 3 aromatic rings. The van der Waals surface area contributed by atoms with Gasteiger partial charge in [-0.1, -0.05) is 19.3 Å². The zero-order chi connectivity index (χ0) is 31.0. The number of aromatic nitrogens is 4. The average molecular weight is 625 g/mol. The average Bonchev–Trinajstić information content (AvgIpc) is 3.56. The molecule has 3 fully saturated rings. The number of rotatable bonds is 8. The highest BCUT2D eigenvalue weighted by atomic mass is 32.2. The molecule has 0 aromatic carbocycles. The zero-order valence-electron chi connectivity index (χ0n) is 25.3.